The van der Waals surface area contributed by atoms with Crippen molar-refractivity contribution in [2.45, 2.75) is 51.2 Å². The van der Waals surface area contributed by atoms with Crippen molar-refractivity contribution in [3.05, 3.63) is 0 Å². The van der Waals surface area contributed by atoms with Crippen LogP contribution < -0.4 is 5.73 Å². The summed E-state index contributed by atoms with van der Waals surface area (Å²) in [5.74, 6) is 0.686. The van der Waals surface area contributed by atoms with Crippen LogP contribution in [-0.2, 0) is 9.47 Å². The van der Waals surface area contributed by atoms with Crippen LogP contribution in [0.5, 0.6) is 0 Å². The van der Waals surface area contributed by atoms with Crippen molar-refractivity contribution in [3.63, 3.8) is 0 Å². The van der Waals surface area contributed by atoms with Crippen LogP contribution in [0.3, 0.4) is 0 Å². The predicted molar refractivity (Wildman–Crippen MR) is 61.8 cm³/mol. The molecule has 3 heteroatoms. The first-order valence-electron chi connectivity index (χ1n) is 5.92. The summed E-state index contributed by atoms with van der Waals surface area (Å²) >= 11 is 0. The molecule has 90 valence electrons. The zero-order valence-corrected chi connectivity index (χ0v) is 10.3. The summed E-state index contributed by atoms with van der Waals surface area (Å²) in [6.45, 7) is 6.04. The fourth-order valence-corrected chi connectivity index (χ4v) is 1.95. The normalized spacial score (nSPS) is 24.4. The molecule has 0 aromatic rings. The molecule has 0 saturated carbocycles. The van der Waals surface area contributed by atoms with E-state index in [1.165, 1.54) is 6.42 Å². The van der Waals surface area contributed by atoms with Crippen LogP contribution in [0.2, 0.25) is 0 Å². The quantitative estimate of drug-likeness (QED) is 0.736. The second-order valence-corrected chi connectivity index (χ2v) is 5.23. The van der Waals surface area contributed by atoms with E-state index in [1.807, 2.05) is 0 Å². The lowest BCUT2D eigenvalue weighted by atomic mass is 9.93. The summed E-state index contributed by atoms with van der Waals surface area (Å²) in [7, 11) is 1.76. The lowest BCUT2D eigenvalue weighted by Crippen LogP contribution is -2.29. The van der Waals surface area contributed by atoms with Gasteiger partial charge in [-0.3, -0.25) is 0 Å². The Morgan fingerprint density at radius 1 is 1.53 bits per heavy atom. The van der Waals surface area contributed by atoms with Crippen molar-refractivity contribution in [3.8, 4) is 0 Å². The molecule has 0 bridgehead atoms. The van der Waals surface area contributed by atoms with Gasteiger partial charge in [0.05, 0.1) is 5.60 Å². The Bertz CT molecular complexity index is 176. The number of methoxy groups -OCH3 is 1. The molecule has 3 nitrogen and oxygen atoms in total. The Balaban J connectivity index is 2.15. The summed E-state index contributed by atoms with van der Waals surface area (Å²) in [4.78, 5) is 0. The second kappa shape index (κ2) is 5.83. The molecule has 0 aromatic carbocycles. The molecule has 2 N–H and O–H groups in total. The highest BCUT2D eigenvalue weighted by molar-refractivity contribution is 4.76. The first-order chi connectivity index (χ1) is 7.03. The van der Waals surface area contributed by atoms with E-state index in [0.717, 1.165) is 32.5 Å². The molecule has 1 fully saturated rings. The minimum Gasteiger partial charge on any atom is -0.381 e. The summed E-state index contributed by atoms with van der Waals surface area (Å²) in [5.41, 5.74) is 6.07. The third-order valence-electron chi connectivity index (χ3n) is 3.33. The monoisotopic (exact) mass is 215 g/mol. The van der Waals surface area contributed by atoms with Crippen molar-refractivity contribution in [2.24, 2.45) is 11.7 Å². The molecule has 2 unspecified atom stereocenters. The van der Waals surface area contributed by atoms with E-state index >= 15 is 0 Å². The van der Waals surface area contributed by atoms with Crippen molar-refractivity contribution >= 4 is 0 Å². The van der Waals surface area contributed by atoms with Gasteiger partial charge in [0.25, 0.3) is 0 Å². The highest BCUT2D eigenvalue weighted by Gasteiger charge is 2.21. The lowest BCUT2D eigenvalue weighted by molar-refractivity contribution is 0.0120. The largest absolute Gasteiger partial charge is 0.381 e. The molecular formula is C12H25NO2. The van der Waals surface area contributed by atoms with E-state index in [9.17, 15) is 0 Å². The Kier molecular flexibility index (Phi) is 5.03. The van der Waals surface area contributed by atoms with E-state index in [2.05, 4.69) is 13.8 Å². The van der Waals surface area contributed by atoms with Gasteiger partial charge in [0.2, 0.25) is 0 Å². The molecule has 15 heavy (non-hydrogen) atoms. The maximum absolute atomic E-state index is 6.10. The maximum atomic E-state index is 6.10. The smallest absolute Gasteiger partial charge is 0.0623 e. The van der Waals surface area contributed by atoms with Crippen LogP contribution in [0.4, 0.5) is 0 Å². The van der Waals surface area contributed by atoms with Gasteiger partial charge in [0, 0.05) is 26.4 Å². The average Bonchev–Trinajstić information content (AvgIpc) is 2.68. The van der Waals surface area contributed by atoms with Crippen LogP contribution in [0.15, 0.2) is 0 Å². The van der Waals surface area contributed by atoms with Crippen molar-refractivity contribution in [1.29, 1.82) is 0 Å². The van der Waals surface area contributed by atoms with Gasteiger partial charge in [0.1, 0.15) is 0 Å². The lowest BCUT2D eigenvalue weighted by Gasteiger charge is -2.25. The average molecular weight is 215 g/mol. The molecule has 1 rings (SSSR count). The minimum atomic E-state index is -0.0379. The van der Waals surface area contributed by atoms with Gasteiger partial charge in [-0.25, -0.2) is 0 Å². The molecule has 2 atom stereocenters. The van der Waals surface area contributed by atoms with Crippen LogP contribution in [0.25, 0.3) is 0 Å². The highest BCUT2D eigenvalue weighted by atomic mass is 16.5. The Hall–Kier alpha value is -0.120. The highest BCUT2D eigenvalue weighted by Crippen LogP contribution is 2.22. The predicted octanol–water partition coefficient (Wildman–Crippen LogP) is 1.95. The van der Waals surface area contributed by atoms with Crippen LogP contribution in [0, 0.1) is 5.92 Å². The second-order valence-electron chi connectivity index (χ2n) is 5.23. The van der Waals surface area contributed by atoms with Gasteiger partial charge in [-0.05, 0) is 45.4 Å². The van der Waals surface area contributed by atoms with Gasteiger partial charge in [-0.2, -0.15) is 0 Å². The van der Waals surface area contributed by atoms with Gasteiger partial charge in [0.15, 0.2) is 0 Å². The van der Waals surface area contributed by atoms with E-state index in [4.69, 9.17) is 15.2 Å². The Morgan fingerprint density at radius 2 is 2.27 bits per heavy atom. The number of hydrogen-bond donors (Lipinski definition) is 1. The zero-order valence-electron chi connectivity index (χ0n) is 10.3. The third kappa shape index (κ3) is 4.96. The van der Waals surface area contributed by atoms with Gasteiger partial charge in [-0.1, -0.05) is 0 Å². The van der Waals surface area contributed by atoms with E-state index in [1.54, 1.807) is 7.11 Å². The van der Waals surface area contributed by atoms with Crippen molar-refractivity contribution in [1.82, 2.24) is 0 Å². The summed E-state index contributed by atoms with van der Waals surface area (Å²) < 4.78 is 10.7. The SMILES string of the molecule is COC(C)(C)CCC(N)CC1CCOC1. The molecular weight excluding hydrogens is 190 g/mol. The zero-order chi connectivity index (χ0) is 11.3. The number of hydrogen-bond acceptors (Lipinski definition) is 3. The molecule has 1 aliphatic rings. The van der Waals surface area contributed by atoms with Crippen LogP contribution in [0.1, 0.15) is 39.5 Å². The molecule has 0 radical (unpaired) electrons. The molecule has 0 aromatic heterocycles. The fourth-order valence-electron chi connectivity index (χ4n) is 1.95. The van der Waals surface area contributed by atoms with Gasteiger partial charge < -0.3 is 15.2 Å². The first kappa shape index (κ1) is 12.9. The summed E-state index contributed by atoms with van der Waals surface area (Å²) in [6.07, 6.45) is 4.34. The molecule has 0 amide bonds. The number of rotatable bonds is 6. The Labute approximate surface area is 93.3 Å². The van der Waals surface area contributed by atoms with Gasteiger partial charge in [-0.15, -0.1) is 0 Å². The summed E-state index contributed by atoms with van der Waals surface area (Å²) in [6, 6.07) is 0.297. The van der Waals surface area contributed by atoms with Crippen LogP contribution in [-0.4, -0.2) is 32.0 Å². The number of nitrogens with two attached hydrogens (primary N) is 1. The summed E-state index contributed by atoms with van der Waals surface area (Å²) in [5, 5.41) is 0. The first-order valence-corrected chi connectivity index (χ1v) is 5.92. The molecule has 1 saturated heterocycles. The molecule has 0 aliphatic carbocycles. The maximum Gasteiger partial charge on any atom is 0.0623 e. The number of ether oxygens (including phenoxy) is 2. The standard InChI is InChI=1S/C12H25NO2/c1-12(2,14-3)6-4-11(13)8-10-5-7-15-9-10/h10-11H,4-9,13H2,1-3H3. The van der Waals surface area contributed by atoms with E-state index < -0.39 is 0 Å². The molecule has 1 heterocycles. The van der Waals surface area contributed by atoms with Crippen molar-refractivity contribution < 1.29 is 9.47 Å². The Morgan fingerprint density at radius 3 is 2.80 bits per heavy atom. The topological polar surface area (TPSA) is 44.5 Å². The fraction of sp³-hybridized carbons (Fsp3) is 1.00. The van der Waals surface area contributed by atoms with Gasteiger partial charge >= 0.3 is 0 Å². The van der Waals surface area contributed by atoms with E-state index in [0.29, 0.717) is 12.0 Å². The molecule has 0 spiro atoms. The third-order valence-corrected chi connectivity index (χ3v) is 3.33. The molecule has 1 aliphatic heterocycles. The van der Waals surface area contributed by atoms with Crippen molar-refractivity contribution in [2.75, 3.05) is 20.3 Å². The van der Waals surface area contributed by atoms with E-state index in [-0.39, 0.29) is 5.60 Å². The van der Waals surface area contributed by atoms with Crippen LogP contribution >= 0.6 is 0 Å². The minimum absolute atomic E-state index is 0.0379.